The molecule has 6 atom stereocenters. The molecule has 12 nitrogen and oxygen atoms in total. The quantitative estimate of drug-likeness (QED) is 0.167. The number of aromatic amines is 1. The fourth-order valence-electron chi connectivity index (χ4n) is 3.47. The van der Waals surface area contributed by atoms with Crippen LogP contribution in [-0.4, -0.2) is 64.2 Å². The Hall–Kier alpha value is -2.41. The Labute approximate surface area is 212 Å². The van der Waals surface area contributed by atoms with Gasteiger partial charge >= 0.3 is 19.4 Å². The van der Waals surface area contributed by atoms with Crippen LogP contribution in [0.3, 0.4) is 0 Å². The fourth-order valence-corrected chi connectivity index (χ4v) is 5.27. The van der Waals surface area contributed by atoms with E-state index in [2.05, 4.69) is 10.1 Å². The Bertz CT molecular complexity index is 1220. The molecule has 36 heavy (non-hydrogen) atoms. The third-order valence-electron chi connectivity index (χ3n) is 5.26. The van der Waals surface area contributed by atoms with E-state index in [1.807, 2.05) is 0 Å². The van der Waals surface area contributed by atoms with E-state index in [4.69, 9.17) is 30.1 Å². The molecule has 1 aromatic carbocycles. The smallest absolute Gasteiger partial charge is 0.459 e. The second kappa shape index (κ2) is 11.3. The number of nitrogens with one attached hydrogen (secondary N) is 2. The van der Waals surface area contributed by atoms with E-state index in [-0.39, 0.29) is 5.75 Å². The summed E-state index contributed by atoms with van der Waals surface area (Å²) in [6.45, 7) is 4.30. The SMILES string of the molecule is B[C@]1(Cl)[C@H](O)[C@@H](COP(=O)(N[C@@H](C)C(=O)OC(C)C)Oc2ccccc2)O[C@H]1n1ccc(=O)[nH]c1=O. The van der Waals surface area contributed by atoms with Gasteiger partial charge in [0.25, 0.3) is 5.56 Å². The van der Waals surface area contributed by atoms with Crippen LogP contribution >= 0.6 is 19.3 Å². The van der Waals surface area contributed by atoms with E-state index < -0.39 is 66.9 Å². The maximum atomic E-state index is 13.6. The number of aliphatic hydroxyl groups excluding tert-OH is 1. The maximum absolute atomic E-state index is 13.6. The molecule has 0 spiro atoms. The van der Waals surface area contributed by atoms with Gasteiger partial charge in [-0.2, -0.15) is 5.09 Å². The molecule has 0 aliphatic carbocycles. The average Bonchev–Trinajstić information content (AvgIpc) is 3.01. The highest BCUT2D eigenvalue weighted by Crippen LogP contribution is 2.47. The zero-order chi connectivity index (χ0) is 26.7. The summed E-state index contributed by atoms with van der Waals surface area (Å²) in [7, 11) is -2.78. The van der Waals surface area contributed by atoms with Gasteiger partial charge in [0.1, 0.15) is 25.7 Å². The lowest BCUT2D eigenvalue weighted by Crippen LogP contribution is -2.45. The van der Waals surface area contributed by atoms with Crippen molar-refractivity contribution >= 4 is 33.2 Å². The minimum atomic E-state index is -4.22. The molecular weight excluding hydrogens is 515 g/mol. The van der Waals surface area contributed by atoms with Gasteiger partial charge in [0.15, 0.2) is 6.23 Å². The standard InChI is InChI=1S/C21H28BClN3O9P/c1-12(2)33-18(29)13(3)25-36(31,35-14-7-5-4-6-8-14)32-11-15-17(28)21(22,23)19(34-15)26-10-9-16(27)24-20(26)30/h4-10,12-13,15,17,19,28H,11,22H2,1-3H3,(H,25,31)(H,24,27,30)/t13-,15+,17+,19+,21-,36?/m0/s1. The molecule has 15 heteroatoms. The topological polar surface area (TPSA) is 158 Å². The summed E-state index contributed by atoms with van der Waals surface area (Å²) in [6, 6.07) is 8.18. The van der Waals surface area contributed by atoms with Gasteiger partial charge in [-0.05, 0) is 32.9 Å². The molecule has 1 fully saturated rings. The van der Waals surface area contributed by atoms with Crippen LogP contribution in [0.1, 0.15) is 27.0 Å². The van der Waals surface area contributed by atoms with Crippen LogP contribution in [-0.2, 0) is 23.4 Å². The summed E-state index contributed by atoms with van der Waals surface area (Å²) in [5, 5.41) is 13.3. The van der Waals surface area contributed by atoms with Gasteiger partial charge in [0.05, 0.1) is 23.6 Å². The van der Waals surface area contributed by atoms with Crippen molar-refractivity contribution in [3.05, 3.63) is 63.4 Å². The molecule has 1 saturated heterocycles. The van der Waals surface area contributed by atoms with Crippen molar-refractivity contribution in [1.29, 1.82) is 0 Å². The first-order valence-corrected chi connectivity index (χ1v) is 13.1. The number of aromatic nitrogens is 2. The lowest BCUT2D eigenvalue weighted by Gasteiger charge is -2.26. The number of halogens is 1. The summed E-state index contributed by atoms with van der Waals surface area (Å²) in [5.74, 6) is -0.473. The van der Waals surface area contributed by atoms with Gasteiger partial charge in [0.2, 0.25) is 0 Å². The van der Waals surface area contributed by atoms with Gasteiger partial charge in [-0.3, -0.25) is 23.7 Å². The normalized spacial score (nSPS) is 26.3. The predicted octanol–water partition coefficient (Wildman–Crippen LogP) is 0.496. The molecule has 1 unspecified atom stereocenters. The molecule has 0 bridgehead atoms. The van der Waals surface area contributed by atoms with Crippen molar-refractivity contribution in [1.82, 2.24) is 14.6 Å². The number of ether oxygens (including phenoxy) is 2. The second-order valence-electron chi connectivity index (χ2n) is 8.67. The predicted molar refractivity (Wildman–Crippen MR) is 133 cm³/mol. The highest BCUT2D eigenvalue weighted by atomic mass is 35.5. The van der Waals surface area contributed by atoms with E-state index in [1.54, 1.807) is 44.2 Å². The summed E-state index contributed by atoms with van der Waals surface area (Å²) >= 11 is 6.52. The van der Waals surface area contributed by atoms with Crippen LogP contribution in [0.2, 0.25) is 0 Å². The maximum Gasteiger partial charge on any atom is 0.459 e. The lowest BCUT2D eigenvalue weighted by molar-refractivity contribution is -0.149. The molecule has 0 radical (unpaired) electrons. The number of para-hydroxylation sites is 1. The number of alkyl halides is 1. The zero-order valence-electron chi connectivity index (χ0n) is 20.1. The van der Waals surface area contributed by atoms with Crippen LogP contribution in [0.25, 0.3) is 0 Å². The molecule has 3 rings (SSSR count). The van der Waals surface area contributed by atoms with Gasteiger partial charge in [-0.25, -0.2) is 9.36 Å². The Morgan fingerprint density at radius 2 is 1.97 bits per heavy atom. The number of carbonyl (C=O) groups is 1. The van der Waals surface area contributed by atoms with Gasteiger partial charge in [0, 0.05) is 12.3 Å². The molecule has 1 aromatic heterocycles. The van der Waals surface area contributed by atoms with Crippen molar-refractivity contribution in [3.63, 3.8) is 0 Å². The Morgan fingerprint density at radius 3 is 2.58 bits per heavy atom. The number of aliphatic hydroxyl groups is 1. The Kier molecular flexibility index (Phi) is 8.86. The Balaban J connectivity index is 1.80. The van der Waals surface area contributed by atoms with E-state index in [9.17, 15) is 24.1 Å². The van der Waals surface area contributed by atoms with Crippen molar-refractivity contribution in [2.75, 3.05) is 6.61 Å². The first kappa shape index (κ1) is 28.2. The number of H-pyrrole nitrogens is 1. The molecule has 0 amide bonds. The third kappa shape index (κ3) is 6.67. The zero-order valence-corrected chi connectivity index (χ0v) is 21.8. The summed E-state index contributed by atoms with van der Waals surface area (Å²) in [5.41, 5.74) is -1.40. The highest BCUT2D eigenvalue weighted by Gasteiger charge is 2.53. The number of benzene rings is 1. The van der Waals surface area contributed by atoms with Crippen LogP contribution in [0.15, 0.2) is 52.2 Å². The molecular formula is C21H28BClN3O9P. The lowest BCUT2D eigenvalue weighted by atomic mass is 9.79. The minimum absolute atomic E-state index is 0.200. The number of hydrogen-bond donors (Lipinski definition) is 3. The monoisotopic (exact) mass is 543 g/mol. The second-order valence-corrected chi connectivity index (χ2v) is 11.2. The highest BCUT2D eigenvalue weighted by molar-refractivity contribution is 7.52. The van der Waals surface area contributed by atoms with Gasteiger partial charge < -0.3 is 19.1 Å². The van der Waals surface area contributed by atoms with Crippen LogP contribution < -0.4 is 20.9 Å². The number of esters is 1. The first-order valence-electron chi connectivity index (χ1n) is 11.1. The number of hydrogen-bond acceptors (Lipinski definition) is 9. The van der Waals surface area contributed by atoms with E-state index in [1.165, 1.54) is 21.0 Å². The van der Waals surface area contributed by atoms with Crippen LogP contribution in [0.4, 0.5) is 0 Å². The molecule has 1 aliphatic rings. The van der Waals surface area contributed by atoms with Crippen molar-refractivity contribution < 1.29 is 33.0 Å². The van der Waals surface area contributed by atoms with Gasteiger partial charge in [-0.15, -0.1) is 11.6 Å². The van der Waals surface area contributed by atoms with Crippen LogP contribution in [0, 0.1) is 0 Å². The first-order chi connectivity index (χ1) is 16.8. The van der Waals surface area contributed by atoms with Crippen molar-refractivity contribution in [2.45, 2.75) is 56.1 Å². The number of nitrogens with zero attached hydrogens (tertiary/aromatic N) is 1. The molecule has 2 aromatic rings. The third-order valence-corrected chi connectivity index (χ3v) is 7.31. The number of carbonyl (C=O) groups excluding carboxylic acids is 1. The average molecular weight is 544 g/mol. The van der Waals surface area contributed by atoms with E-state index >= 15 is 0 Å². The van der Waals surface area contributed by atoms with Crippen molar-refractivity contribution in [2.24, 2.45) is 0 Å². The molecule has 1 aliphatic heterocycles. The summed E-state index contributed by atoms with van der Waals surface area (Å²) < 4.78 is 35.2. The van der Waals surface area contributed by atoms with Gasteiger partial charge in [-0.1, -0.05) is 18.2 Å². The van der Waals surface area contributed by atoms with Crippen molar-refractivity contribution in [3.8, 4) is 5.75 Å². The summed E-state index contributed by atoms with van der Waals surface area (Å²) in [4.78, 5) is 38.0. The summed E-state index contributed by atoms with van der Waals surface area (Å²) in [6.07, 6.45) is -2.92. The molecule has 0 saturated carbocycles. The molecule has 2 heterocycles. The van der Waals surface area contributed by atoms with Crippen LogP contribution in [0.5, 0.6) is 5.75 Å². The van der Waals surface area contributed by atoms with E-state index in [0.717, 1.165) is 10.6 Å². The molecule has 196 valence electrons. The Morgan fingerprint density at radius 1 is 1.31 bits per heavy atom. The fraction of sp³-hybridized carbons (Fsp3) is 0.476. The minimum Gasteiger partial charge on any atom is -0.462 e. The van der Waals surface area contributed by atoms with E-state index in [0.29, 0.717) is 0 Å². The molecule has 3 N–H and O–H groups in total. The largest absolute Gasteiger partial charge is 0.462 e. The number of rotatable bonds is 10.